The Balaban J connectivity index is 1.86. The molecule has 0 saturated carbocycles. The normalized spacial score (nSPS) is 15.5. The highest BCUT2D eigenvalue weighted by Gasteiger charge is 2.25. The number of nitrogens with one attached hydrogen (secondary N) is 1. The third-order valence-electron chi connectivity index (χ3n) is 5.76. The van der Waals surface area contributed by atoms with Gasteiger partial charge in [-0.3, -0.25) is 19.1 Å². The Kier molecular flexibility index (Phi) is 8.71. The van der Waals surface area contributed by atoms with E-state index in [-0.39, 0.29) is 23.5 Å². The number of benzene rings is 1. The Labute approximate surface area is 193 Å². The maximum atomic E-state index is 13.4. The van der Waals surface area contributed by atoms with Crippen LogP contribution in [-0.2, 0) is 11.3 Å². The lowest BCUT2D eigenvalue weighted by Gasteiger charge is -2.24. The molecule has 1 fully saturated rings. The number of nitrogens with zero attached hydrogens (tertiary/aromatic N) is 2. The zero-order chi connectivity index (χ0) is 23.8. The van der Waals surface area contributed by atoms with E-state index < -0.39 is 11.2 Å². The molecule has 9 nitrogen and oxygen atoms in total. The zero-order valence-electron chi connectivity index (χ0n) is 19.5. The van der Waals surface area contributed by atoms with E-state index >= 15 is 0 Å². The summed E-state index contributed by atoms with van der Waals surface area (Å²) >= 11 is 0. The standard InChI is InChI=1S/C24H34N4O5/c1-3-5-13-27(20-21(25)28(14-6-4-2)24(31)26-22(20)29)23(30)17-9-11-18(12-10-17)33-16-19-8-7-15-32-19/h9-12,19H,3-8,13-16,25H2,1-2H3,(H,26,29,31). The quantitative estimate of drug-likeness (QED) is 0.534. The molecule has 33 heavy (non-hydrogen) atoms. The van der Waals surface area contributed by atoms with Crippen molar-refractivity contribution in [3.63, 3.8) is 0 Å². The maximum absolute atomic E-state index is 13.4. The number of nitrogens with two attached hydrogens (primary N) is 1. The first-order valence-corrected chi connectivity index (χ1v) is 11.7. The second kappa shape index (κ2) is 11.7. The van der Waals surface area contributed by atoms with Crippen molar-refractivity contribution in [2.24, 2.45) is 0 Å². The molecule has 1 unspecified atom stereocenters. The third kappa shape index (κ3) is 6.04. The molecule has 1 aliphatic rings. The fourth-order valence-corrected chi connectivity index (χ4v) is 3.82. The van der Waals surface area contributed by atoms with Gasteiger partial charge in [0.2, 0.25) is 0 Å². The smallest absolute Gasteiger partial charge is 0.330 e. The molecule has 9 heteroatoms. The predicted octanol–water partition coefficient (Wildman–Crippen LogP) is 2.92. The highest BCUT2D eigenvalue weighted by molar-refractivity contribution is 6.07. The Hall–Kier alpha value is -3.07. The first kappa shape index (κ1) is 24.6. The minimum atomic E-state index is -0.661. The predicted molar refractivity (Wildman–Crippen MR) is 128 cm³/mol. The lowest BCUT2D eigenvalue weighted by Crippen LogP contribution is -2.41. The zero-order valence-corrected chi connectivity index (χ0v) is 19.5. The number of carbonyl (C=O) groups excluding carboxylic acids is 1. The average molecular weight is 459 g/mol. The van der Waals surface area contributed by atoms with Crippen molar-refractivity contribution in [3.05, 3.63) is 50.7 Å². The molecule has 180 valence electrons. The fourth-order valence-electron chi connectivity index (χ4n) is 3.82. The van der Waals surface area contributed by atoms with E-state index in [0.717, 1.165) is 38.7 Å². The van der Waals surface area contributed by atoms with Gasteiger partial charge in [-0.15, -0.1) is 0 Å². The number of ether oxygens (including phenoxy) is 2. The number of aromatic nitrogens is 2. The summed E-state index contributed by atoms with van der Waals surface area (Å²) in [6.45, 7) is 5.92. The van der Waals surface area contributed by atoms with Crippen LogP contribution in [0.25, 0.3) is 0 Å². The summed E-state index contributed by atoms with van der Waals surface area (Å²) in [4.78, 5) is 42.1. The molecule has 3 rings (SSSR count). The number of hydrogen-bond acceptors (Lipinski definition) is 6. The molecule has 3 N–H and O–H groups in total. The summed E-state index contributed by atoms with van der Waals surface area (Å²) in [5.74, 6) is 0.304. The second-order valence-electron chi connectivity index (χ2n) is 8.28. The SMILES string of the molecule is CCCCN(C(=O)c1ccc(OCC2CCCO2)cc1)c1c(N)n(CCCC)c(=O)[nH]c1=O. The van der Waals surface area contributed by atoms with Gasteiger partial charge >= 0.3 is 5.69 Å². The van der Waals surface area contributed by atoms with E-state index in [0.29, 0.717) is 37.4 Å². The van der Waals surface area contributed by atoms with Crippen molar-refractivity contribution in [1.29, 1.82) is 0 Å². The number of anilines is 2. The van der Waals surface area contributed by atoms with Crippen LogP contribution in [0.3, 0.4) is 0 Å². The van der Waals surface area contributed by atoms with Crippen LogP contribution in [0.5, 0.6) is 5.75 Å². The monoisotopic (exact) mass is 458 g/mol. The molecule has 1 aliphatic heterocycles. The summed E-state index contributed by atoms with van der Waals surface area (Å²) < 4.78 is 12.7. The van der Waals surface area contributed by atoms with Gasteiger partial charge in [0.1, 0.15) is 18.2 Å². The van der Waals surface area contributed by atoms with Crippen molar-refractivity contribution < 1.29 is 14.3 Å². The minimum Gasteiger partial charge on any atom is -0.491 e. The second-order valence-corrected chi connectivity index (χ2v) is 8.28. The Bertz CT molecular complexity index is 1040. The van der Waals surface area contributed by atoms with Crippen molar-refractivity contribution in [3.8, 4) is 5.75 Å². The first-order valence-electron chi connectivity index (χ1n) is 11.7. The number of H-pyrrole nitrogens is 1. The molecule has 2 aromatic rings. The van der Waals surface area contributed by atoms with Crippen LogP contribution in [0, 0.1) is 0 Å². The molecule has 0 spiro atoms. The molecule has 1 saturated heterocycles. The number of nitrogen functional groups attached to an aromatic ring is 1. The topological polar surface area (TPSA) is 120 Å². The Morgan fingerprint density at radius 1 is 1.21 bits per heavy atom. The van der Waals surface area contributed by atoms with E-state index in [2.05, 4.69) is 4.98 Å². The van der Waals surface area contributed by atoms with Crippen molar-refractivity contribution in [2.45, 2.75) is 65.0 Å². The van der Waals surface area contributed by atoms with E-state index in [9.17, 15) is 14.4 Å². The van der Waals surface area contributed by atoms with Crippen LogP contribution in [0.1, 0.15) is 62.7 Å². The van der Waals surface area contributed by atoms with Crippen molar-refractivity contribution in [1.82, 2.24) is 9.55 Å². The van der Waals surface area contributed by atoms with Gasteiger partial charge in [-0.05, 0) is 49.9 Å². The van der Waals surface area contributed by atoms with Crippen LogP contribution in [0.15, 0.2) is 33.9 Å². The highest BCUT2D eigenvalue weighted by atomic mass is 16.5. The number of amides is 1. The van der Waals surface area contributed by atoms with Gasteiger partial charge in [-0.2, -0.15) is 0 Å². The van der Waals surface area contributed by atoms with Gasteiger partial charge in [-0.25, -0.2) is 4.79 Å². The third-order valence-corrected chi connectivity index (χ3v) is 5.76. The van der Waals surface area contributed by atoms with E-state index in [1.54, 1.807) is 24.3 Å². The minimum absolute atomic E-state index is 0.0122. The van der Waals surface area contributed by atoms with Crippen molar-refractivity contribution in [2.75, 3.05) is 30.4 Å². The molecule has 0 bridgehead atoms. The number of rotatable bonds is 11. The van der Waals surface area contributed by atoms with Crippen LogP contribution < -0.4 is 26.6 Å². The van der Waals surface area contributed by atoms with Gasteiger partial charge in [0.25, 0.3) is 11.5 Å². The van der Waals surface area contributed by atoms with Gasteiger partial charge in [0.15, 0.2) is 5.69 Å². The number of unbranched alkanes of at least 4 members (excludes halogenated alkanes) is 2. The molecular weight excluding hydrogens is 424 g/mol. The molecular formula is C24H34N4O5. The largest absolute Gasteiger partial charge is 0.491 e. The first-order chi connectivity index (χ1) is 16.0. The molecule has 1 atom stereocenters. The summed E-state index contributed by atoms with van der Waals surface area (Å²) in [7, 11) is 0. The molecule has 0 aliphatic carbocycles. The van der Waals surface area contributed by atoms with Crippen LogP contribution >= 0.6 is 0 Å². The lowest BCUT2D eigenvalue weighted by atomic mass is 10.1. The number of aromatic amines is 1. The van der Waals surface area contributed by atoms with Crippen molar-refractivity contribution >= 4 is 17.4 Å². The average Bonchev–Trinajstić information content (AvgIpc) is 3.33. The van der Waals surface area contributed by atoms with E-state index in [1.165, 1.54) is 9.47 Å². The fraction of sp³-hybridized carbons (Fsp3) is 0.542. The number of hydrogen-bond donors (Lipinski definition) is 2. The van der Waals surface area contributed by atoms with Crippen LogP contribution in [0.4, 0.5) is 11.5 Å². The Morgan fingerprint density at radius 3 is 2.58 bits per heavy atom. The van der Waals surface area contributed by atoms with Crippen LogP contribution in [0.2, 0.25) is 0 Å². The van der Waals surface area contributed by atoms with Gasteiger partial charge in [-0.1, -0.05) is 26.7 Å². The Morgan fingerprint density at radius 2 is 1.94 bits per heavy atom. The highest BCUT2D eigenvalue weighted by Crippen LogP contribution is 2.22. The summed E-state index contributed by atoms with van der Waals surface area (Å²) in [5, 5.41) is 0. The van der Waals surface area contributed by atoms with Gasteiger partial charge in [0, 0.05) is 25.3 Å². The van der Waals surface area contributed by atoms with E-state index in [4.69, 9.17) is 15.2 Å². The van der Waals surface area contributed by atoms with Crippen LogP contribution in [-0.4, -0.2) is 41.3 Å². The summed E-state index contributed by atoms with van der Waals surface area (Å²) in [6, 6.07) is 6.80. The summed E-state index contributed by atoms with van der Waals surface area (Å²) in [6.07, 6.45) is 5.23. The molecule has 2 heterocycles. The lowest BCUT2D eigenvalue weighted by molar-refractivity contribution is 0.0679. The van der Waals surface area contributed by atoms with Gasteiger partial charge in [0.05, 0.1) is 6.10 Å². The van der Waals surface area contributed by atoms with E-state index in [1.807, 2.05) is 13.8 Å². The summed E-state index contributed by atoms with van der Waals surface area (Å²) in [5.41, 5.74) is 5.45. The molecule has 1 aromatic carbocycles. The molecule has 1 aromatic heterocycles. The molecule has 1 amide bonds. The number of carbonyl (C=O) groups is 1. The maximum Gasteiger partial charge on any atom is 0.330 e. The molecule has 0 radical (unpaired) electrons. The van der Waals surface area contributed by atoms with Gasteiger partial charge < -0.3 is 20.1 Å².